The van der Waals surface area contributed by atoms with Crippen molar-refractivity contribution >= 4 is 16.8 Å². The smallest absolute Gasteiger partial charge is 0.255 e. The number of fused-ring (bicyclic) bond motifs is 1. The first-order valence-electron chi connectivity index (χ1n) is 8.19. The van der Waals surface area contributed by atoms with Crippen LogP contribution in [0.1, 0.15) is 33.8 Å². The van der Waals surface area contributed by atoms with Gasteiger partial charge in [0, 0.05) is 24.5 Å². The summed E-state index contributed by atoms with van der Waals surface area (Å²) in [5, 5.41) is 4.81. The number of amides is 1. The van der Waals surface area contributed by atoms with Crippen LogP contribution in [0.2, 0.25) is 0 Å². The first-order chi connectivity index (χ1) is 12.1. The molecule has 1 unspecified atom stereocenters. The molecule has 0 bridgehead atoms. The lowest BCUT2D eigenvalue weighted by Gasteiger charge is -2.34. The van der Waals surface area contributed by atoms with Crippen LogP contribution in [0.25, 0.3) is 10.9 Å². The molecule has 0 radical (unpaired) electrons. The van der Waals surface area contributed by atoms with E-state index in [1.807, 2.05) is 37.3 Å². The summed E-state index contributed by atoms with van der Waals surface area (Å²) < 4.78 is 10.6. The van der Waals surface area contributed by atoms with Gasteiger partial charge in [-0.1, -0.05) is 23.4 Å². The summed E-state index contributed by atoms with van der Waals surface area (Å²) in [6.45, 7) is 4.94. The first kappa shape index (κ1) is 15.7. The Labute approximate surface area is 144 Å². The quantitative estimate of drug-likeness (QED) is 0.714. The average molecular weight is 338 g/mol. The van der Waals surface area contributed by atoms with E-state index < -0.39 is 0 Å². The number of aryl methyl sites for hydroxylation is 2. The van der Waals surface area contributed by atoms with Gasteiger partial charge in [0.2, 0.25) is 5.89 Å². The summed E-state index contributed by atoms with van der Waals surface area (Å²) in [6, 6.07) is 9.14. The maximum absolute atomic E-state index is 13.3. The predicted octanol–water partition coefficient (Wildman–Crippen LogP) is 2.45. The van der Waals surface area contributed by atoms with Crippen molar-refractivity contribution < 1.29 is 14.1 Å². The third kappa shape index (κ3) is 2.87. The third-order valence-electron chi connectivity index (χ3n) is 4.31. The summed E-state index contributed by atoms with van der Waals surface area (Å²) in [6.07, 6.45) is 0. The Morgan fingerprint density at radius 2 is 2.08 bits per heavy atom. The molecule has 1 aliphatic heterocycles. The molecule has 2 aromatic heterocycles. The van der Waals surface area contributed by atoms with E-state index in [1.54, 1.807) is 11.8 Å². The number of hydrogen-bond donors (Lipinski definition) is 0. The molecule has 128 valence electrons. The molecule has 0 saturated carbocycles. The summed E-state index contributed by atoms with van der Waals surface area (Å²) >= 11 is 0. The number of nitrogens with zero attached hydrogens (tertiary/aromatic N) is 4. The topological polar surface area (TPSA) is 81.4 Å². The number of carbonyl (C=O) groups is 1. The van der Waals surface area contributed by atoms with E-state index >= 15 is 0 Å². The molecule has 1 fully saturated rings. The van der Waals surface area contributed by atoms with Crippen LogP contribution < -0.4 is 0 Å². The molecule has 0 spiro atoms. The van der Waals surface area contributed by atoms with Crippen molar-refractivity contribution in [3.63, 3.8) is 0 Å². The summed E-state index contributed by atoms with van der Waals surface area (Å²) in [5.41, 5.74) is 2.25. The van der Waals surface area contributed by atoms with Gasteiger partial charge in [-0.2, -0.15) is 4.98 Å². The van der Waals surface area contributed by atoms with Crippen LogP contribution >= 0.6 is 0 Å². The molecule has 25 heavy (non-hydrogen) atoms. The van der Waals surface area contributed by atoms with E-state index in [-0.39, 0.29) is 11.9 Å². The molecule has 1 aliphatic rings. The largest absolute Gasteiger partial charge is 0.377 e. The van der Waals surface area contributed by atoms with Gasteiger partial charge in [-0.3, -0.25) is 9.78 Å². The minimum Gasteiger partial charge on any atom is -0.377 e. The Morgan fingerprint density at radius 3 is 2.88 bits per heavy atom. The van der Waals surface area contributed by atoms with Crippen molar-refractivity contribution in [2.24, 2.45) is 0 Å². The van der Waals surface area contributed by atoms with Gasteiger partial charge >= 0.3 is 0 Å². The molecule has 3 heterocycles. The highest BCUT2D eigenvalue weighted by molar-refractivity contribution is 6.06. The first-order valence-corrected chi connectivity index (χ1v) is 8.19. The zero-order valence-corrected chi connectivity index (χ0v) is 14.1. The SMILES string of the molecule is Cc1cc(C(=O)N2CCOCC2c2noc(C)n2)c2ccccc2n1. The molecule has 7 nitrogen and oxygen atoms in total. The third-order valence-corrected chi connectivity index (χ3v) is 4.31. The lowest BCUT2D eigenvalue weighted by Crippen LogP contribution is -2.44. The monoisotopic (exact) mass is 338 g/mol. The molecule has 1 amide bonds. The zero-order chi connectivity index (χ0) is 17.4. The van der Waals surface area contributed by atoms with E-state index in [9.17, 15) is 4.79 Å². The van der Waals surface area contributed by atoms with E-state index in [1.165, 1.54) is 0 Å². The van der Waals surface area contributed by atoms with Crippen LogP contribution in [-0.4, -0.2) is 45.7 Å². The second-order valence-electron chi connectivity index (χ2n) is 6.09. The van der Waals surface area contributed by atoms with Crippen molar-refractivity contribution in [1.82, 2.24) is 20.0 Å². The Morgan fingerprint density at radius 1 is 1.24 bits per heavy atom. The molecule has 7 heteroatoms. The standard InChI is InChI=1S/C18H18N4O3/c1-11-9-14(13-5-3-4-6-15(13)19-11)18(23)22-7-8-24-10-16(22)17-20-12(2)25-21-17/h3-6,9,16H,7-8,10H2,1-2H3. The van der Waals surface area contributed by atoms with Crippen LogP contribution in [0, 0.1) is 13.8 Å². The van der Waals surface area contributed by atoms with E-state index in [2.05, 4.69) is 15.1 Å². The lowest BCUT2D eigenvalue weighted by atomic mass is 10.0. The van der Waals surface area contributed by atoms with Gasteiger partial charge in [0.25, 0.3) is 5.91 Å². The number of carbonyl (C=O) groups excluding carboxylic acids is 1. The van der Waals surface area contributed by atoms with Crippen LogP contribution in [0.4, 0.5) is 0 Å². The minimum atomic E-state index is -0.356. The highest BCUT2D eigenvalue weighted by Crippen LogP contribution is 2.27. The van der Waals surface area contributed by atoms with Crippen molar-refractivity contribution in [1.29, 1.82) is 0 Å². The average Bonchev–Trinajstić information content (AvgIpc) is 3.06. The van der Waals surface area contributed by atoms with Crippen LogP contribution in [0.3, 0.4) is 0 Å². The minimum absolute atomic E-state index is 0.0718. The number of aromatic nitrogens is 3. The number of para-hydroxylation sites is 1. The fourth-order valence-corrected chi connectivity index (χ4v) is 3.15. The number of hydrogen-bond acceptors (Lipinski definition) is 6. The molecule has 3 aromatic rings. The number of benzene rings is 1. The van der Waals surface area contributed by atoms with Crippen molar-refractivity contribution in [2.45, 2.75) is 19.9 Å². The second kappa shape index (κ2) is 6.25. The Kier molecular flexibility index (Phi) is 3.93. The summed E-state index contributed by atoms with van der Waals surface area (Å²) in [4.78, 5) is 23.9. The highest BCUT2D eigenvalue weighted by Gasteiger charge is 2.33. The van der Waals surface area contributed by atoms with Gasteiger partial charge < -0.3 is 14.2 Å². The van der Waals surface area contributed by atoms with Crippen molar-refractivity contribution in [3.8, 4) is 0 Å². The molecular weight excluding hydrogens is 320 g/mol. The number of ether oxygens (including phenoxy) is 1. The van der Waals surface area contributed by atoms with Crippen molar-refractivity contribution in [3.05, 3.63) is 53.3 Å². The zero-order valence-electron chi connectivity index (χ0n) is 14.1. The van der Waals surface area contributed by atoms with E-state index in [0.29, 0.717) is 37.0 Å². The van der Waals surface area contributed by atoms with E-state index in [4.69, 9.17) is 9.26 Å². The normalized spacial score (nSPS) is 17.8. The molecule has 0 aliphatic carbocycles. The number of morpholine rings is 1. The number of pyridine rings is 1. The van der Waals surface area contributed by atoms with E-state index in [0.717, 1.165) is 16.6 Å². The van der Waals surface area contributed by atoms with Crippen LogP contribution in [-0.2, 0) is 4.74 Å². The molecule has 0 N–H and O–H groups in total. The molecule has 1 atom stereocenters. The van der Waals surface area contributed by atoms with Crippen molar-refractivity contribution in [2.75, 3.05) is 19.8 Å². The van der Waals surface area contributed by atoms with Gasteiger partial charge in [-0.25, -0.2) is 0 Å². The predicted molar refractivity (Wildman–Crippen MR) is 90.1 cm³/mol. The molecule has 1 aromatic carbocycles. The van der Waals surface area contributed by atoms with Gasteiger partial charge in [0.15, 0.2) is 5.82 Å². The fourth-order valence-electron chi connectivity index (χ4n) is 3.15. The fraction of sp³-hybridized carbons (Fsp3) is 0.333. The Balaban J connectivity index is 1.76. The van der Waals surface area contributed by atoms with Gasteiger partial charge in [-0.15, -0.1) is 0 Å². The summed E-state index contributed by atoms with van der Waals surface area (Å²) in [5.74, 6) is 0.872. The maximum Gasteiger partial charge on any atom is 0.255 e. The summed E-state index contributed by atoms with van der Waals surface area (Å²) in [7, 11) is 0. The second-order valence-corrected chi connectivity index (χ2v) is 6.09. The van der Waals surface area contributed by atoms with Gasteiger partial charge in [-0.05, 0) is 19.1 Å². The van der Waals surface area contributed by atoms with Gasteiger partial charge in [0.05, 0.1) is 24.3 Å². The van der Waals surface area contributed by atoms with Crippen LogP contribution in [0.15, 0.2) is 34.9 Å². The highest BCUT2D eigenvalue weighted by atomic mass is 16.5. The maximum atomic E-state index is 13.3. The molecule has 1 saturated heterocycles. The Bertz CT molecular complexity index is 937. The number of rotatable bonds is 2. The van der Waals surface area contributed by atoms with Crippen LogP contribution in [0.5, 0.6) is 0 Å². The molecule has 4 rings (SSSR count). The lowest BCUT2D eigenvalue weighted by molar-refractivity contribution is -0.00567. The molecular formula is C18H18N4O3. The Hall–Kier alpha value is -2.80. The van der Waals surface area contributed by atoms with Gasteiger partial charge in [0.1, 0.15) is 6.04 Å².